The Bertz CT molecular complexity index is 926. The molecule has 0 aliphatic heterocycles. The van der Waals surface area contributed by atoms with Gasteiger partial charge >= 0.3 is 0 Å². The quantitative estimate of drug-likeness (QED) is 0.705. The maximum Gasteiger partial charge on any atom is 0.261 e. The summed E-state index contributed by atoms with van der Waals surface area (Å²) in [6, 6.07) is 10.8. The standard InChI is InChI=1S/C20H26FN3O3S/c1-20(2,14-24(3)4)13-22-19(25)17-7-5-6-8-18(17)23-28(26,27)16-11-9-15(21)10-12-16/h5-12,23H,13-14H2,1-4H3,(H,22,25). The van der Waals surface area contributed by atoms with Gasteiger partial charge in [-0.05, 0) is 55.9 Å². The van der Waals surface area contributed by atoms with Gasteiger partial charge in [0.15, 0.2) is 0 Å². The Balaban J connectivity index is 2.18. The van der Waals surface area contributed by atoms with Gasteiger partial charge in [-0.2, -0.15) is 0 Å². The Morgan fingerprint density at radius 3 is 2.29 bits per heavy atom. The van der Waals surface area contributed by atoms with E-state index in [2.05, 4.69) is 10.0 Å². The summed E-state index contributed by atoms with van der Waals surface area (Å²) in [4.78, 5) is 14.6. The number of nitrogens with zero attached hydrogens (tertiary/aromatic N) is 1. The highest BCUT2D eigenvalue weighted by molar-refractivity contribution is 7.92. The zero-order chi connectivity index (χ0) is 20.9. The van der Waals surface area contributed by atoms with Crippen molar-refractivity contribution in [1.29, 1.82) is 0 Å². The van der Waals surface area contributed by atoms with E-state index in [1.165, 1.54) is 18.2 Å². The molecule has 0 aliphatic rings. The van der Waals surface area contributed by atoms with Crippen molar-refractivity contribution in [3.63, 3.8) is 0 Å². The highest BCUT2D eigenvalue weighted by atomic mass is 32.2. The lowest BCUT2D eigenvalue weighted by atomic mass is 9.93. The van der Waals surface area contributed by atoms with Gasteiger partial charge in [0.2, 0.25) is 0 Å². The lowest BCUT2D eigenvalue weighted by Crippen LogP contribution is -2.40. The van der Waals surface area contributed by atoms with E-state index in [0.29, 0.717) is 6.54 Å². The number of halogens is 1. The Kier molecular flexibility index (Phi) is 6.79. The van der Waals surface area contributed by atoms with Crippen LogP contribution in [0.5, 0.6) is 0 Å². The number of hydrogen-bond acceptors (Lipinski definition) is 4. The van der Waals surface area contributed by atoms with E-state index in [0.717, 1.165) is 18.7 Å². The Morgan fingerprint density at radius 2 is 1.68 bits per heavy atom. The highest BCUT2D eigenvalue weighted by Crippen LogP contribution is 2.21. The smallest absolute Gasteiger partial charge is 0.261 e. The van der Waals surface area contributed by atoms with E-state index in [1.54, 1.807) is 18.2 Å². The fourth-order valence-corrected chi connectivity index (χ4v) is 3.99. The van der Waals surface area contributed by atoms with Gasteiger partial charge in [-0.15, -0.1) is 0 Å². The minimum atomic E-state index is -3.95. The van der Waals surface area contributed by atoms with Gasteiger partial charge in [-0.3, -0.25) is 9.52 Å². The molecule has 8 heteroatoms. The Morgan fingerprint density at radius 1 is 1.07 bits per heavy atom. The molecule has 0 fully saturated rings. The van der Waals surface area contributed by atoms with Crippen molar-refractivity contribution in [2.24, 2.45) is 5.41 Å². The molecule has 28 heavy (non-hydrogen) atoms. The zero-order valence-corrected chi connectivity index (χ0v) is 17.3. The van der Waals surface area contributed by atoms with Crippen LogP contribution in [0, 0.1) is 11.2 Å². The summed E-state index contributed by atoms with van der Waals surface area (Å²) in [7, 11) is -0.0259. The van der Waals surface area contributed by atoms with E-state index >= 15 is 0 Å². The molecule has 0 saturated heterocycles. The summed E-state index contributed by atoms with van der Waals surface area (Å²) in [5, 5.41) is 2.87. The number of sulfonamides is 1. The number of rotatable bonds is 8. The number of nitrogens with one attached hydrogen (secondary N) is 2. The van der Waals surface area contributed by atoms with Crippen molar-refractivity contribution in [3.05, 3.63) is 59.9 Å². The van der Waals surface area contributed by atoms with Crippen LogP contribution in [0.2, 0.25) is 0 Å². The average Bonchev–Trinajstić information content (AvgIpc) is 2.59. The summed E-state index contributed by atoms with van der Waals surface area (Å²) in [5.41, 5.74) is 0.227. The van der Waals surface area contributed by atoms with Gasteiger partial charge in [0.05, 0.1) is 16.1 Å². The van der Waals surface area contributed by atoms with Crippen molar-refractivity contribution in [2.75, 3.05) is 31.9 Å². The van der Waals surface area contributed by atoms with E-state index in [-0.39, 0.29) is 27.5 Å². The van der Waals surface area contributed by atoms with Gasteiger partial charge in [-0.25, -0.2) is 12.8 Å². The highest BCUT2D eigenvalue weighted by Gasteiger charge is 2.22. The van der Waals surface area contributed by atoms with Gasteiger partial charge in [0, 0.05) is 13.1 Å². The Labute approximate surface area is 165 Å². The van der Waals surface area contributed by atoms with E-state index < -0.39 is 15.8 Å². The third kappa shape index (κ3) is 6.03. The topological polar surface area (TPSA) is 78.5 Å². The molecule has 0 bridgehead atoms. The largest absolute Gasteiger partial charge is 0.351 e. The zero-order valence-electron chi connectivity index (χ0n) is 16.5. The van der Waals surface area contributed by atoms with Crippen LogP contribution in [0.4, 0.5) is 10.1 Å². The van der Waals surface area contributed by atoms with Crippen LogP contribution in [0.15, 0.2) is 53.4 Å². The van der Waals surface area contributed by atoms with Crippen molar-refractivity contribution in [1.82, 2.24) is 10.2 Å². The van der Waals surface area contributed by atoms with Gasteiger partial charge in [0.1, 0.15) is 5.82 Å². The molecular formula is C20H26FN3O3S. The molecule has 0 unspecified atom stereocenters. The Hall–Kier alpha value is -2.45. The summed E-state index contributed by atoms with van der Waals surface area (Å²) in [6.45, 7) is 5.29. The number of carbonyl (C=O) groups is 1. The van der Waals surface area contributed by atoms with E-state index in [4.69, 9.17) is 0 Å². The maximum atomic E-state index is 13.1. The SMILES string of the molecule is CN(C)CC(C)(C)CNC(=O)c1ccccc1NS(=O)(=O)c1ccc(F)cc1. The number of amides is 1. The van der Waals surface area contributed by atoms with Gasteiger partial charge < -0.3 is 10.2 Å². The molecule has 0 aliphatic carbocycles. The lowest BCUT2D eigenvalue weighted by molar-refractivity contribution is 0.0930. The van der Waals surface area contributed by atoms with Crippen LogP contribution in [0.1, 0.15) is 24.2 Å². The van der Waals surface area contributed by atoms with Crippen LogP contribution in [-0.2, 0) is 10.0 Å². The molecule has 2 aromatic rings. The molecule has 2 rings (SSSR count). The van der Waals surface area contributed by atoms with Crippen molar-refractivity contribution in [3.8, 4) is 0 Å². The molecule has 2 N–H and O–H groups in total. The lowest BCUT2D eigenvalue weighted by Gasteiger charge is -2.28. The second-order valence-electron chi connectivity index (χ2n) is 7.69. The van der Waals surface area contributed by atoms with Crippen LogP contribution in [0.3, 0.4) is 0 Å². The molecule has 2 aromatic carbocycles. The molecule has 0 aromatic heterocycles. The predicted octanol–water partition coefficient (Wildman–Crippen LogP) is 2.94. The fourth-order valence-electron chi connectivity index (χ4n) is 2.91. The number of hydrogen-bond donors (Lipinski definition) is 2. The van der Waals surface area contributed by atoms with Crippen molar-refractivity contribution in [2.45, 2.75) is 18.7 Å². The second kappa shape index (κ2) is 8.70. The van der Waals surface area contributed by atoms with Gasteiger partial charge in [-0.1, -0.05) is 26.0 Å². The minimum absolute atomic E-state index is 0.0868. The molecule has 0 heterocycles. The fraction of sp³-hybridized carbons (Fsp3) is 0.350. The van der Waals surface area contributed by atoms with E-state index in [9.17, 15) is 17.6 Å². The first-order valence-electron chi connectivity index (χ1n) is 8.80. The monoisotopic (exact) mass is 407 g/mol. The molecule has 0 atom stereocenters. The normalized spacial score (nSPS) is 12.1. The number of carbonyl (C=O) groups excluding carboxylic acids is 1. The molecule has 0 radical (unpaired) electrons. The van der Waals surface area contributed by atoms with Crippen LogP contribution < -0.4 is 10.0 Å². The molecule has 1 amide bonds. The van der Waals surface area contributed by atoms with Gasteiger partial charge in [0.25, 0.3) is 15.9 Å². The second-order valence-corrected chi connectivity index (χ2v) is 9.37. The summed E-state index contributed by atoms with van der Waals surface area (Å²) < 4.78 is 40.6. The first-order valence-corrected chi connectivity index (χ1v) is 10.3. The van der Waals surface area contributed by atoms with Crippen molar-refractivity contribution >= 4 is 21.6 Å². The third-order valence-electron chi connectivity index (χ3n) is 4.01. The first kappa shape index (κ1) is 21.8. The summed E-state index contributed by atoms with van der Waals surface area (Å²) in [5.74, 6) is -0.900. The third-order valence-corrected chi connectivity index (χ3v) is 5.39. The van der Waals surface area contributed by atoms with Crippen molar-refractivity contribution < 1.29 is 17.6 Å². The van der Waals surface area contributed by atoms with E-state index in [1.807, 2.05) is 32.8 Å². The number of para-hydroxylation sites is 1. The maximum absolute atomic E-state index is 13.1. The van der Waals surface area contributed by atoms with Crippen LogP contribution >= 0.6 is 0 Å². The molecule has 0 saturated carbocycles. The summed E-state index contributed by atoms with van der Waals surface area (Å²) in [6.07, 6.45) is 0. The number of anilines is 1. The number of benzene rings is 2. The van der Waals surface area contributed by atoms with Crippen LogP contribution in [0.25, 0.3) is 0 Å². The van der Waals surface area contributed by atoms with Crippen LogP contribution in [-0.4, -0.2) is 46.4 Å². The average molecular weight is 408 g/mol. The first-order chi connectivity index (χ1) is 13.0. The summed E-state index contributed by atoms with van der Waals surface area (Å²) >= 11 is 0. The minimum Gasteiger partial charge on any atom is -0.351 e. The molecule has 0 spiro atoms. The molecule has 152 valence electrons. The molecular weight excluding hydrogens is 381 g/mol. The molecule has 6 nitrogen and oxygen atoms in total. The predicted molar refractivity (Wildman–Crippen MR) is 108 cm³/mol.